The van der Waals surface area contributed by atoms with Crippen LogP contribution in [0.3, 0.4) is 0 Å². The van der Waals surface area contributed by atoms with E-state index in [1.54, 1.807) is 0 Å². The highest BCUT2D eigenvalue weighted by atomic mass is 35.5. The van der Waals surface area contributed by atoms with Crippen molar-refractivity contribution in [3.8, 4) is 0 Å². The molecule has 5 N–H and O–H groups in total. The zero-order chi connectivity index (χ0) is 13.8. The van der Waals surface area contributed by atoms with Crippen molar-refractivity contribution in [2.75, 3.05) is 5.43 Å². The summed E-state index contributed by atoms with van der Waals surface area (Å²) < 4.78 is 31.6. The first kappa shape index (κ1) is 17.0. The van der Waals surface area contributed by atoms with Gasteiger partial charge in [-0.3, -0.25) is 14.9 Å². The highest BCUT2D eigenvalue weighted by molar-refractivity contribution is 7.79. The minimum absolute atomic E-state index is 0.258. The number of nitrogens with one attached hydrogen (secondary N) is 1. The van der Waals surface area contributed by atoms with Crippen LogP contribution in [0.4, 0.5) is 5.69 Å². The molecule has 1 aromatic carbocycles. The molecule has 6 nitrogen and oxygen atoms in total. The van der Waals surface area contributed by atoms with Crippen LogP contribution in [0.1, 0.15) is 0 Å². The van der Waals surface area contributed by atoms with Crippen molar-refractivity contribution in [1.29, 1.82) is 0 Å². The number of hydrogen-bond acceptors (Lipinski definition) is 4. The molecule has 0 atom stereocenters. The number of halogens is 4. The summed E-state index contributed by atoms with van der Waals surface area (Å²) in [5.74, 6) is 5.15. The average molecular weight is 344 g/mol. The monoisotopic (exact) mass is 342 g/mol. The van der Waals surface area contributed by atoms with E-state index < -0.39 is 10.4 Å². The highest BCUT2D eigenvalue weighted by Gasteiger charge is 2.12. The number of nitrogen functional groups attached to an aromatic ring is 1. The number of rotatable bonds is 1. The first-order chi connectivity index (χ1) is 7.57. The van der Waals surface area contributed by atoms with Crippen LogP contribution in [0.5, 0.6) is 0 Å². The van der Waals surface area contributed by atoms with E-state index in [2.05, 4.69) is 5.43 Å². The zero-order valence-corrected chi connectivity index (χ0v) is 11.6. The van der Waals surface area contributed by atoms with Gasteiger partial charge in [-0.05, 0) is 6.07 Å². The zero-order valence-electron chi connectivity index (χ0n) is 7.79. The smallest absolute Gasteiger partial charge is 0.321 e. The minimum Gasteiger partial charge on any atom is -0.321 e. The summed E-state index contributed by atoms with van der Waals surface area (Å²) in [4.78, 5) is 0. The van der Waals surface area contributed by atoms with E-state index in [9.17, 15) is 0 Å². The molecular weight excluding hydrogens is 338 g/mol. The number of nitrogens with two attached hydrogens (primary N) is 1. The van der Waals surface area contributed by atoms with Crippen molar-refractivity contribution in [3.05, 3.63) is 26.2 Å². The van der Waals surface area contributed by atoms with Gasteiger partial charge in [0.1, 0.15) is 0 Å². The van der Waals surface area contributed by atoms with E-state index in [0.29, 0.717) is 15.7 Å². The second kappa shape index (κ2) is 6.81. The maximum absolute atomic E-state index is 8.74. The number of hydrazine groups is 1. The van der Waals surface area contributed by atoms with Crippen molar-refractivity contribution >= 4 is 62.5 Å². The quantitative estimate of drug-likeness (QED) is 0.270. The summed E-state index contributed by atoms with van der Waals surface area (Å²) in [5, 5.41) is 1.13. The van der Waals surface area contributed by atoms with Crippen LogP contribution < -0.4 is 11.3 Å². The van der Waals surface area contributed by atoms with Crippen LogP contribution in [0.2, 0.25) is 20.1 Å². The van der Waals surface area contributed by atoms with Crippen molar-refractivity contribution < 1.29 is 17.5 Å². The molecule has 0 radical (unpaired) electrons. The van der Waals surface area contributed by atoms with Gasteiger partial charge < -0.3 is 5.43 Å². The highest BCUT2D eigenvalue weighted by Crippen LogP contribution is 2.40. The van der Waals surface area contributed by atoms with Crippen molar-refractivity contribution in [2.24, 2.45) is 5.84 Å². The summed E-state index contributed by atoms with van der Waals surface area (Å²) >= 11 is 22.9. The lowest BCUT2D eigenvalue weighted by Gasteiger charge is -2.08. The molecule has 0 saturated heterocycles. The van der Waals surface area contributed by atoms with Gasteiger partial charge >= 0.3 is 10.4 Å². The molecule has 0 unspecified atom stereocenters. The molecule has 0 aromatic heterocycles. The van der Waals surface area contributed by atoms with Crippen molar-refractivity contribution in [3.63, 3.8) is 0 Å². The molecule has 1 rings (SSSR count). The summed E-state index contributed by atoms with van der Waals surface area (Å²) in [6, 6.07) is 1.45. The lowest BCUT2D eigenvalue weighted by atomic mass is 10.3. The first-order valence-corrected chi connectivity index (χ1v) is 6.48. The summed E-state index contributed by atoms with van der Waals surface area (Å²) in [7, 11) is -4.67. The molecule has 0 aliphatic rings. The lowest BCUT2D eigenvalue weighted by Crippen LogP contribution is -2.08. The maximum Gasteiger partial charge on any atom is 0.394 e. The first-order valence-electron chi connectivity index (χ1n) is 3.57. The Morgan fingerprint density at radius 2 is 1.35 bits per heavy atom. The normalized spacial score (nSPS) is 10.5. The molecule has 17 heavy (non-hydrogen) atoms. The standard InChI is InChI=1S/C6H4Cl4N2.H2O4S/c7-2-1-3(8)5(10)6(12-11)4(2)9;1-5(2,3)4/h1,12H,11H2;(H2,1,2,3,4). The van der Waals surface area contributed by atoms with E-state index in [1.165, 1.54) is 6.07 Å². The topological polar surface area (TPSA) is 113 Å². The molecule has 0 saturated carbocycles. The molecule has 11 heteroatoms. The van der Waals surface area contributed by atoms with Gasteiger partial charge in [-0.1, -0.05) is 46.4 Å². The predicted molar refractivity (Wildman–Crippen MR) is 68.5 cm³/mol. The minimum atomic E-state index is -4.67. The third-order valence-electron chi connectivity index (χ3n) is 1.26. The molecular formula is C6H6Cl4N2O4S. The van der Waals surface area contributed by atoms with Gasteiger partial charge in [0, 0.05) is 0 Å². The van der Waals surface area contributed by atoms with Gasteiger partial charge in [-0.2, -0.15) is 8.42 Å². The second-order valence-corrected chi connectivity index (χ2v) is 4.90. The molecule has 1 aromatic rings. The van der Waals surface area contributed by atoms with Crippen LogP contribution in [0.25, 0.3) is 0 Å². The molecule has 0 heterocycles. The van der Waals surface area contributed by atoms with E-state index in [4.69, 9.17) is 69.8 Å². The Labute approximate surface area is 117 Å². The van der Waals surface area contributed by atoms with E-state index >= 15 is 0 Å². The van der Waals surface area contributed by atoms with Gasteiger partial charge in [-0.25, -0.2) is 0 Å². The van der Waals surface area contributed by atoms with Gasteiger partial charge in [0.25, 0.3) is 0 Å². The molecule has 0 bridgehead atoms. The molecule has 0 amide bonds. The largest absolute Gasteiger partial charge is 0.394 e. The SMILES string of the molecule is NNc1c(Cl)c(Cl)cc(Cl)c1Cl.O=S(=O)(O)O. The average Bonchev–Trinajstić information content (AvgIpc) is 2.13. The maximum atomic E-state index is 8.74. The fourth-order valence-electron chi connectivity index (χ4n) is 0.700. The van der Waals surface area contributed by atoms with Gasteiger partial charge in [0.05, 0.1) is 25.8 Å². The van der Waals surface area contributed by atoms with Crippen molar-refractivity contribution in [2.45, 2.75) is 0 Å². The van der Waals surface area contributed by atoms with Crippen LogP contribution in [-0.2, 0) is 10.4 Å². The predicted octanol–water partition coefficient (Wildman–Crippen LogP) is 2.93. The fraction of sp³-hybridized carbons (Fsp3) is 0. The lowest BCUT2D eigenvalue weighted by molar-refractivity contribution is 0.381. The molecule has 98 valence electrons. The Kier molecular flexibility index (Phi) is 6.82. The summed E-state index contributed by atoms with van der Waals surface area (Å²) in [6.45, 7) is 0. The third kappa shape index (κ3) is 6.49. The number of hydrogen-bond donors (Lipinski definition) is 4. The van der Waals surface area contributed by atoms with Crippen molar-refractivity contribution in [1.82, 2.24) is 0 Å². The molecule has 0 aliphatic carbocycles. The van der Waals surface area contributed by atoms with Crippen LogP contribution in [-0.4, -0.2) is 17.5 Å². The summed E-state index contributed by atoms with van der Waals surface area (Å²) in [6.07, 6.45) is 0. The van der Waals surface area contributed by atoms with Gasteiger partial charge in [0.2, 0.25) is 0 Å². The Balaban J connectivity index is 0.000000437. The second-order valence-electron chi connectivity index (χ2n) is 2.44. The van der Waals surface area contributed by atoms with Crippen LogP contribution >= 0.6 is 46.4 Å². The van der Waals surface area contributed by atoms with Crippen LogP contribution in [0.15, 0.2) is 6.07 Å². The van der Waals surface area contributed by atoms with E-state index in [-0.39, 0.29) is 10.0 Å². The Hall–Kier alpha value is 0.01000. The molecule has 0 aliphatic heterocycles. The van der Waals surface area contributed by atoms with Crippen LogP contribution in [0, 0.1) is 0 Å². The van der Waals surface area contributed by atoms with Gasteiger partial charge in [0.15, 0.2) is 0 Å². The number of benzene rings is 1. The van der Waals surface area contributed by atoms with E-state index in [0.717, 1.165) is 0 Å². The summed E-state index contributed by atoms with van der Waals surface area (Å²) in [5.41, 5.74) is 2.64. The number of anilines is 1. The van der Waals surface area contributed by atoms with E-state index in [1.807, 2.05) is 0 Å². The third-order valence-corrected chi connectivity index (χ3v) is 2.83. The molecule has 0 fully saturated rings. The van der Waals surface area contributed by atoms with Gasteiger partial charge in [-0.15, -0.1) is 0 Å². The Morgan fingerprint density at radius 1 is 1.06 bits per heavy atom. The molecule has 0 spiro atoms. The Morgan fingerprint density at radius 3 is 1.59 bits per heavy atom. The Bertz CT molecular complexity index is 473. The fourth-order valence-corrected chi connectivity index (χ4v) is 1.62.